The largest absolute Gasteiger partial charge is 0.463 e. The molecule has 0 amide bonds. The molecule has 1 aliphatic rings. The van der Waals surface area contributed by atoms with Gasteiger partial charge in [0.2, 0.25) is 0 Å². The molecule has 1 saturated carbocycles. The third-order valence-corrected chi connectivity index (χ3v) is 4.51. The summed E-state index contributed by atoms with van der Waals surface area (Å²) >= 11 is 0. The van der Waals surface area contributed by atoms with Gasteiger partial charge in [-0.2, -0.15) is 0 Å². The van der Waals surface area contributed by atoms with Crippen LogP contribution in [-0.2, 0) is 23.9 Å². The molecule has 1 fully saturated rings. The molecular weight excluding hydrogens is 350 g/mol. The minimum absolute atomic E-state index is 0.341. The molecule has 2 rings (SSSR count). The molecule has 1 aromatic rings. The summed E-state index contributed by atoms with van der Waals surface area (Å²) in [7, 11) is 0. The van der Waals surface area contributed by atoms with Crippen molar-refractivity contribution in [2.75, 3.05) is 0 Å². The average molecular weight is 377 g/mol. The van der Waals surface area contributed by atoms with Crippen LogP contribution in [0.2, 0.25) is 0 Å². The molecule has 4 atom stereocenters. The molecule has 7 nitrogen and oxygen atoms in total. The molecule has 0 unspecified atom stereocenters. The van der Waals surface area contributed by atoms with Crippen LogP contribution in [-0.4, -0.2) is 45.6 Å². The lowest BCUT2D eigenvalue weighted by atomic mass is 9.62. The molecule has 1 N–H and O–H groups in total. The van der Waals surface area contributed by atoms with E-state index in [1.54, 1.807) is 45.9 Å². The van der Waals surface area contributed by atoms with Gasteiger partial charge >= 0.3 is 11.9 Å². The fourth-order valence-corrected chi connectivity index (χ4v) is 3.56. The normalized spacial score (nSPS) is 28.3. The Morgan fingerprint density at radius 2 is 1.74 bits per heavy atom. The molecule has 1 aromatic heterocycles. The Balaban J connectivity index is 2.57. The van der Waals surface area contributed by atoms with Crippen LogP contribution in [0.5, 0.6) is 0 Å². The number of aliphatic hydroxyl groups is 1. The Hall–Kier alpha value is -2.28. The molecule has 148 valence electrons. The Kier molecular flexibility index (Phi) is 6.36. The van der Waals surface area contributed by atoms with Crippen molar-refractivity contribution in [2.24, 2.45) is 11.8 Å². The van der Waals surface area contributed by atoms with Crippen LogP contribution in [0, 0.1) is 11.8 Å². The number of carbonyl (C=O) groups is 3. The second-order valence-electron chi connectivity index (χ2n) is 7.71. The van der Waals surface area contributed by atoms with Crippen LogP contribution in [0.25, 0.3) is 0 Å². The maximum Gasteiger partial charge on any atom is 0.317 e. The molecule has 0 saturated heterocycles. The van der Waals surface area contributed by atoms with Gasteiger partial charge in [0.05, 0.1) is 23.7 Å². The van der Waals surface area contributed by atoms with Crippen molar-refractivity contribution in [2.45, 2.75) is 64.8 Å². The molecule has 7 heteroatoms. The first kappa shape index (κ1) is 21.0. The van der Waals surface area contributed by atoms with Crippen molar-refractivity contribution in [1.82, 2.24) is 4.98 Å². The number of hydrogen-bond acceptors (Lipinski definition) is 7. The zero-order valence-electron chi connectivity index (χ0n) is 16.3. The fraction of sp³-hybridized carbons (Fsp3) is 0.600. The van der Waals surface area contributed by atoms with Gasteiger partial charge in [-0.05, 0) is 46.8 Å². The van der Waals surface area contributed by atoms with Gasteiger partial charge < -0.3 is 14.6 Å². The monoisotopic (exact) mass is 377 g/mol. The van der Waals surface area contributed by atoms with Crippen molar-refractivity contribution in [3.05, 3.63) is 30.1 Å². The number of rotatable bonds is 5. The third kappa shape index (κ3) is 4.71. The first-order valence-electron chi connectivity index (χ1n) is 9.11. The van der Waals surface area contributed by atoms with Crippen LogP contribution >= 0.6 is 0 Å². The number of Topliss-reactive ketones (excluding diaryl/α,β-unsaturated/α-hetero) is 1. The smallest absolute Gasteiger partial charge is 0.317 e. The van der Waals surface area contributed by atoms with Gasteiger partial charge in [-0.25, -0.2) is 0 Å². The van der Waals surface area contributed by atoms with E-state index in [4.69, 9.17) is 9.47 Å². The van der Waals surface area contributed by atoms with E-state index in [0.29, 0.717) is 5.69 Å². The SMILES string of the molecule is CC(C)OC(=O)[C@@H]1C(=O)C[C@](C)(O)[C@H](C(=O)OC(C)C)[C@H]1c1ccccn1. The molecule has 27 heavy (non-hydrogen) atoms. The lowest BCUT2D eigenvalue weighted by Gasteiger charge is -2.43. The number of pyridine rings is 1. The molecule has 0 bridgehead atoms. The van der Waals surface area contributed by atoms with Gasteiger partial charge in [0.1, 0.15) is 5.92 Å². The van der Waals surface area contributed by atoms with Gasteiger partial charge in [0.25, 0.3) is 0 Å². The molecule has 0 aromatic carbocycles. The number of aromatic nitrogens is 1. The Morgan fingerprint density at radius 1 is 1.15 bits per heavy atom. The van der Waals surface area contributed by atoms with Crippen LogP contribution in [0.3, 0.4) is 0 Å². The Labute approximate surface area is 159 Å². The van der Waals surface area contributed by atoms with E-state index in [-0.39, 0.29) is 6.42 Å². The summed E-state index contributed by atoms with van der Waals surface area (Å²) in [5, 5.41) is 10.9. The summed E-state index contributed by atoms with van der Waals surface area (Å²) in [6.45, 7) is 8.17. The highest BCUT2D eigenvalue weighted by Crippen LogP contribution is 2.46. The molecule has 0 aliphatic heterocycles. The van der Waals surface area contributed by atoms with Crippen LogP contribution in [0.4, 0.5) is 0 Å². The maximum absolute atomic E-state index is 12.8. The predicted molar refractivity (Wildman–Crippen MR) is 96.7 cm³/mol. The van der Waals surface area contributed by atoms with E-state index >= 15 is 0 Å². The number of carbonyl (C=O) groups excluding carboxylic acids is 3. The van der Waals surface area contributed by atoms with Crippen LogP contribution in [0.15, 0.2) is 24.4 Å². The summed E-state index contributed by atoms with van der Waals surface area (Å²) in [4.78, 5) is 42.5. The molecular formula is C20H27NO6. The number of ether oxygens (including phenoxy) is 2. The summed E-state index contributed by atoms with van der Waals surface area (Å²) in [5.41, 5.74) is -1.30. The lowest BCUT2D eigenvalue weighted by molar-refractivity contribution is -0.176. The summed E-state index contributed by atoms with van der Waals surface area (Å²) in [6.07, 6.45) is 0.347. The number of ketones is 1. The van der Waals surface area contributed by atoms with E-state index in [9.17, 15) is 19.5 Å². The average Bonchev–Trinajstić information content (AvgIpc) is 2.52. The fourth-order valence-electron chi connectivity index (χ4n) is 3.56. The van der Waals surface area contributed by atoms with Crippen molar-refractivity contribution >= 4 is 17.7 Å². The van der Waals surface area contributed by atoms with Gasteiger partial charge in [0, 0.05) is 24.2 Å². The topological polar surface area (TPSA) is 103 Å². The molecule has 0 radical (unpaired) electrons. The highest BCUT2D eigenvalue weighted by molar-refractivity contribution is 6.02. The number of nitrogens with zero attached hydrogens (tertiary/aromatic N) is 1. The number of esters is 2. The van der Waals surface area contributed by atoms with E-state index in [2.05, 4.69) is 4.98 Å². The molecule has 1 heterocycles. The summed E-state index contributed by atoms with van der Waals surface area (Å²) in [6, 6.07) is 5.02. The van der Waals surface area contributed by atoms with Crippen molar-refractivity contribution in [3.63, 3.8) is 0 Å². The van der Waals surface area contributed by atoms with Crippen molar-refractivity contribution < 1.29 is 29.0 Å². The highest BCUT2D eigenvalue weighted by atomic mass is 16.5. The third-order valence-electron chi connectivity index (χ3n) is 4.51. The first-order chi connectivity index (χ1) is 12.5. The Bertz CT molecular complexity index is 690. The zero-order chi connectivity index (χ0) is 20.4. The highest BCUT2D eigenvalue weighted by Gasteiger charge is 2.57. The van der Waals surface area contributed by atoms with Crippen molar-refractivity contribution in [3.8, 4) is 0 Å². The van der Waals surface area contributed by atoms with Gasteiger partial charge in [0.15, 0.2) is 5.78 Å². The minimum atomic E-state index is -1.67. The van der Waals surface area contributed by atoms with Gasteiger partial charge in [-0.3, -0.25) is 19.4 Å². The summed E-state index contributed by atoms with van der Waals surface area (Å²) in [5.74, 6) is -5.19. The second-order valence-corrected chi connectivity index (χ2v) is 7.71. The van der Waals surface area contributed by atoms with Gasteiger partial charge in [-0.15, -0.1) is 0 Å². The number of hydrogen-bond donors (Lipinski definition) is 1. The first-order valence-corrected chi connectivity index (χ1v) is 9.11. The quantitative estimate of drug-likeness (QED) is 0.618. The minimum Gasteiger partial charge on any atom is -0.463 e. The van der Waals surface area contributed by atoms with Gasteiger partial charge in [-0.1, -0.05) is 6.07 Å². The standard InChI is InChI=1S/C20H27NO6/c1-11(2)26-18(23)16-14(22)10-20(5,25)17(19(24)27-12(3)4)15(16)13-8-6-7-9-21-13/h6-9,11-12,15-17,25H,10H2,1-5H3/t15-,16+,17-,20-/m0/s1. The van der Waals surface area contributed by atoms with E-state index in [1.165, 1.54) is 13.1 Å². The van der Waals surface area contributed by atoms with E-state index in [0.717, 1.165) is 0 Å². The van der Waals surface area contributed by atoms with Crippen LogP contribution < -0.4 is 0 Å². The molecule has 1 aliphatic carbocycles. The second kappa shape index (κ2) is 8.17. The Morgan fingerprint density at radius 3 is 2.26 bits per heavy atom. The predicted octanol–water partition coefficient (Wildman–Crippen LogP) is 2.02. The van der Waals surface area contributed by atoms with E-state index in [1.807, 2.05) is 0 Å². The van der Waals surface area contributed by atoms with Crippen molar-refractivity contribution in [1.29, 1.82) is 0 Å². The van der Waals surface area contributed by atoms with Crippen LogP contribution in [0.1, 0.15) is 52.7 Å². The molecule has 0 spiro atoms. The maximum atomic E-state index is 12.8. The zero-order valence-corrected chi connectivity index (χ0v) is 16.3. The lowest BCUT2D eigenvalue weighted by Crippen LogP contribution is -2.55. The summed E-state index contributed by atoms with van der Waals surface area (Å²) < 4.78 is 10.6. The van der Waals surface area contributed by atoms with E-state index < -0.39 is 53.3 Å².